The van der Waals surface area contributed by atoms with Crippen LogP contribution < -0.4 is 0 Å². The van der Waals surface area contributed by atoms with E-state index in [-0.39, 0.29) is 4.57 Å². The highest BCUT2D eigenvalue weighted by atomic mass is 32.2. The molecule has 0 amide bonds. The van der Waals surface area contributed by atoms with E-state index in [1.54, 1.807) is 0 Å². The first kappa shape index (κ1) is 13.9. The van der Waals surface area contributed by atoms with E-state index in [4.69, 9.17) is 0 Å². The van der Waals surface area contributed by atoms with Crippen LogP contribution in [0.15, 0.2) is 18.7 Å². The number of imidazole rings is 1. The fourth-order valence-electron chi connectivity index (χ4n) is 0.955. The van der Waals surface area contributed by atoms with Crippen molar-refractivity contribution in [3.05, 3.63) is 18.7 Å². The summed E-state index contributed by atoms with van der Waals surface area (Å²) in [6, 6.07) is -4.99. The maximum Gasteiger partial charge on any atom is 0.453 e. The van der Waals surface area contributed by atoms with Gasteiger partial charge in [-0.1, -0.05) is 0 Å². The van der Waals surface area contributed by atoms with Crippen LogP contribution in [0.4, 0.5) is 17.6 Å². The van der Waals surface area contributed by atoms with Gasteiger partial charge in [-0.05, 0) is 6.92 Å². The standard InChI is InChI=1S/C7H8F4N2O3S/c1-2-16-17(14,15)7(10,11)6(8,9)13-4-3-12-5-13/h3-5H,2H2,1H3. The molecule has 0 fully saturated rings. The molecular formula is C7H8F4N2O3S. The second-order valence-corrected chi connectivity index (χ2v) is 4.55. The Bertz CT molecular complexity index is 471. The summed E-state index contributed by atoms with van der Waals surface area (Å²) in [6.07, 6.45) is 1.72. The third-order valence-corrected chi connectivity index (χ3v) is 3.19. The minimum Gasteiger partial charge on any atom is -0.271 e. The highest BCUT2D eigenvalue weighted by Gasteiger charge is 2.68. The van der Waals surface area contributed by atoms with Crippen molar-refractivity contribution < 1.29 is 30.2 Å². The number of hydrogen-bond donors (Lipinski definition) is 0. The van der Waals surface area contributed by atoms with Crippen molar-refractivity contribution in [2.75, 3.05) is 6.61 Å². The molecule has 98 valence electrons. The van der Waals surface area contributed by atoms with Crippen molar-refractivity contribution >= 4 is 10.1 Å². The van der Waals surface area contributed by atoms with Gasteiger partial charge in [-0.25, -0.2) is 4.98 Å². The van der Waals surface area contributed by atoms with Gasteiger partial charge in [0.2, 0.25) is 0 Å². The first-order valence-electron chi connectivity index (χ1n) is 4.30. The van der Waals surface area contributed by atoms with E-state index in [1.807, 2.05) is 0 Å². The summed E-state index contributed by atoms with van der Waals surface area (Å²) in [7, 11) is -5.73. The first-order chi connectivity index (χ1) is 7.67. The lowest BCUT2D eigenvalue weighted by atomic mass is 10.5. The van der Waals surface area contributed by atoms with Crippen molar-refractivity contribution in [3.8, 4) is 0 Å². The average molecular weight is 276 g/mol. The Morgan fingerprint density at radius 2 is 1.94 bits per heavy atom. The van der Waals surface area contributed by atoms with Crippen LogP contribution in [0.2, 0.25) is 0 Å². The van der Waals surface area contributed by atoms with Crippen LogP contribution >= 0.6 is 0 Å². The molecule has 1 aromatic rings. The summed E-state index contributed by atoms with van der Waals surface area (Å²) in [5.74, 6) is 0. The number of hydrogen-bond acceptors (Lipinski definition) is 4. The van der Waals surface area contributed by atoms with Crippen LogP contribution in [0.5, 0.6) is 0 Å². The number of nitrogens with zero attached hydrogens (tertiary/aromatic N) is 2. The van der Waals surface area contributed by atoms with E-state index < -0.39 is 28.0 Å². The number of rotatable bonds is 5. The van der Waals surface area contributed by atoms with Gasteiger partial charge >= 0.3 is 21.4 Å². The van der Waals surface area contributed by atoms with Gasteiger partial charge in [-0.3, -0.25) is 8.75 Å². The molecule has 0 bridgehead atoms. The normalized spacial score (nSPS) is 13.9. The van der Waals surface area contributed by atoms with Crippen LogP contribution in [-0.4, -0.2) is 29.8 Å². The molecule has 0 saturated heterocycles. The molecule has 0 saturated carbocycles. The van der Waals surface area contributed by atoms with Gasteiger partial charge < -0.3 is 0 Å². The first-order valence-corrected chi connectivity index (χ1v) is 5.70. The van der Waals surface area contributed by atoms with Gasteiger partial charge in [0.15, 0.2) is 0 Å². The minimum absolute atomic E-state index is 0.302. The van der Waals surface area contributed by atoms with Gasteiger partial charge in [0.25, 0.3) is 0 Å². The summed E-state index contributed by atoms with van der Waals surface area (Å²) < 4.78 is 78.2. The van der Waals surface area contributed by atoms with Crippen LogP contribution in [0.1, 0.15) is 6.92 Å². The molecule has 1 aromatic heterocycles. The quantitative estimate of drug-likeness (QED) is 0.602. The third-order valence-electron chi connectivity index (χ3n) is 1.77. The van der Waals surface area contributed by atoms with Gasteiger partial charge in [-0.2, -0.15) is 26.0 Å². The zero-order chi connectivity index (χ0) is 13.3. The highest BCUT2D eigenvalue weighted by molar-refractivity contribution is 7.87. The van der Waals surface area contributed by atoms with Gasteiger partial charge in [0.05, 0.1) is 12.9 Å². The minimum atomic E-state index is -5.73. The zero-order valence-electron chi connectivity index (χ0n) is 8.48. The topological polar surface area (TPSA) is 61.2 Å². The van der Waals surface area contributed by atoms with Crippen LogP contribution in [0, 0.1) is 0 Å². The fraction of sp³-hybridized carbons (Fsp3) is 0.571. The Morgan fingerprint density at radius 3 is 2.35 bits per heavy atom. The largest absolute Gasteiger partial charge is 0.453 e. The molecule has 0 atom stereocenters. The summed E-state index contributed by atoms with van der Waals surface area (Å²) in [6.45, 7) is 0.418. The van der Waals surface area contributed by atoms with E-state index in [2.05, 4.69) is 9.17 Å². The van der Waals surface area contributed by atoms with Crippen molar-refractivity contribution in [3.63, 3.8) is 0 Å². The van der Waals surface area contributed by atoms with E-state index in [0.29, 0.717) is 12.5 Å². The summed E-state index contributed by atoms with van der Waals surface area (Å²) in [4.78, 5) is 3.14. The molecule has 5 nitrogen and oxygen atoms in total. The Hall–Kier alpha value is -1.16. The number of halogens is 4. The fourth-order valence-corrected chi connectivity index (χ4v) is 1.82. The van der Waals surface area contributed by atoms with E-state index in [0.717, 1.165) is 13.1 Å². The van der Waals surface area contributed by atoms with Crippen LogP contribution in [0.25, 0.3) is 0 Å². The van der Waals surface area contributed by atoms with E-state index >= 15 is 0 Å². The van der Waals surface area contributed by atoms with E-state index in [9.17, 15) is 26.0 Å². The monoisotopic (exact) mass is 276 g/mol. The predicted molar refractivity (Wildman–Crippen MR) is 47.9 cm³/mol. The molecule has 1 rings (SSSR count). The molecule has 0 aromatic carbocycles. The molecule has 0 aliphatic heterocycles. The molecule has 0 N–H and O–H groups in total. The lowest BCUT2D eigenvalue weighted by molar-refractivity contribution is -0.217. The molecule has 0 aliphatic rings. The Morgan fingerprint density at radius 1 is 1.35 bits per heavy atom. The summed E-state index contributed by atoms with van der Waals surface area (Å²) in [5, 5.41) is -5.39. The highest BCUT2D eigenvalue weighted by Crippen LogP contribution is 2.43. The molecule has 17 heavy (non-hydrogen) atoms. The summed E-state index contributed by atoms with van der Waals surface area (Å²) >= 11 is 0. The van der Waals surface area contributed by atoms with Crippen LogP contribution in [0.3, 0.4) is 0 Å². The number of alkyl halides is 4. The van der Waals surface area contributed by atoms with Crippen molar-refractivity contribution in [2.45, 2.75) is 18.2 Å². The Labute approximate surface area is 94.1 Å². The molecule has 1 heterocycles. The number of aromatic nitrogens is 2. The zero-order valence-corrected chi connectivity index (χ0v) is 9.29. The SMILES string of the molecule is CCOS(=O)(=O)C(F)(F)C(F)(F)n1ccnc1. The second kappa shape index (κ2) is 4.26. The Balaban J connectivity index is 3.22. The molecular weight excluding hydrogens is 268 g/mol. The molecule has 0 aliphatic carbocycles. The smallest absolute Gasteiger partial charge is 0.271 e. The van der Waals surface area contributed by atoms with E-state index in [1.165, 1.54) is 0 Å². The Kier molecular flexibility index (Phi) is 3.48. The molecule has 0 unspecified atom stereocenters. The lowest BCUT2D eigenvalue weighted by Gasteiger charge is -2.25. The average Bonchev–Trinajstić information content (AvgIpc) is 2.69. The van der Waals surface area contributed by atoms with Crippen molar-refractivity contribution in [1.29, 1.82) is 0 Å². The third kappa shape index (κ3) is 2.14. The lowest BCUT2D eigenvalue weighted by Crippen LogP contribution is -2.49. The van der Waals surface area contributed by atoms with Crippen molar-refractivity contribution in [1.82, 2.24) is 9.55 Å². The van der Waals surface area contributed by atoms with Crippen molar-refractivity contribution in [2.24, 2.45) is 0 Å². The maximum atomic E-state index is 13.3. The predicted octanol–water partition coefficient (Wildman–Crippen LogP) is 1.39. The summed E-state index contributed by atoms with van der Waals surface area (Å²) in [5.41, 5.74) is 0. The second-order valence-electron chi connectivity index (χ2n) is 2.89. The molecule has 0 spiro atoms. The van der Waals surface area contributed by atoms with Crippen LogP contribution in [-0.2, 0) is 20.3 Å². The molecule has 10 heteroatoms. The van der Waals surface area contributed by atoms with Gasteiger partial charge in [-0.15, -0.1) is 0 Å². The van der Waals surface area contributed by atoms with Gasteiger partial charge in [0.1, 0.15) is 0 Å². The van der Waals surface area contributed by atoms with Gasteiger partial charge in [0, 0.05) is 12.4 Å². The maximum absolute atomic E-state index is 13.3. The molecule has 0 radical (unpaired) electrons.